The van der Waals surface area contributed by atoms with Crippen LogP contribution in [-0.4, -0.2) is 64.9 Å². The number of aryl methyl sites for hydroxylation is 1. The molecule has 0 bridgehead atoms. The molecule has 1 amide bonds. The van der Waals surface area contributed by atoms with E-state index in [-0.39, 0.29) is 5.91 Å². The summed E-state index contributed by atoms with van der Waals surface area (Å²) in [5.41, 5.74) is 1.88. The zero-order valence-electron chi connectivity index (χ0n) is 17.5. The number of amides is 1. The lowest BCUT2D eigenvalue weighted by molar-refractivity contribution is 0.0676. The summed E-state index contributed by atoms with van der Waals surface area (Å²) in [4.78, 5) is 28.8. The molecule has 0 aliphatic carbocycles. The third-order valence-electron chi connectivity index (χ3n) is 5.93. The molecule has 154 valence electrons. The minimum Gasteiger partial charge on any atom is -0.354 e. The molecule has 0 saturated carbocycles. The maximum atomic E-state index is 13.0. The molecular weight excluding hydrogens is 362 g/mol. The lowest BCUT2D eigenvalue weighted by Gasteiger charge is -2.35. The number of aromatic nitrogens is 2. The molecule has 1 atom stereocenters. The number of carbonyl (C=O) groups excluding carboxylic acids is 1. The van der Waals surface area contributed by atoms with Gasteiger partial charge in [0.25, 0.3) is 5.91 Å². The van der Waals surface area contributed by atoms with E-state index in [0.717, 1.165) is 58.1 Å². The van der Waals surface area contributed by atoms with Crippen molar-refractivity contribution in [3.63, 3.8) is 0 Å². The summed E-state index contributed by atoms with van der Waals surface area (Å²) >= 11 is 0. The highest BCUT2D eigenvalue weighted by atomic mass is 16.2. The number of likely N-dealkylation sites (tertiary alicyclic amines) is 1. The van der Waals surface area contributed by atoms with Gasteiger partial charge >= 0.3 is 0 Å². The Morgan fingerprint density at radius 3 is 2.55 bits per heavy atom. The van der Waals surface area contributed by atoms with E-state index in [2.05, 4.69) is 57.0 Å². The van der Waals surface area contributed by atoms with Crippen molar-refractivity contribution in [2.24, 2.45) is 5.92 Å². The lowest BCUT2D eigenvalue weighted by atomic mass is 10.00. The van der Waals surface area contributed by atoms with Crippen LogP contribution in [0.5, 0.6) is 0 Å². The van der Waals surface area contributed by atoms with Gasteiger partial charge in [0, 0.05) is 51.9 Å². The van der Waals surface area contributed by atoms with Crippen LogP contribution < -0.4 is 4.90 Å². The van der Waals surface area contributed by atoms with Crippen LogP contribution in [0.4, 0.5) is 5.82 Å². The molecule has 2 aromatic rings. The van der Waals surface area contributed by atoms with Gasteiger partial charge in [0.15, 0.2) is 0 Å². The molecular formula is C23H31N5O. The van der Waals surface area contributed by atoms with Crippen LogP contribution in [0.15, 0.2) is 36.4 Å². The summed E-state index contributed by atoms with van der Waals surface area (Å²) in [5, 5.41) is 0. The van der Waals surface area contributed by atoms with E-state index in [4.69, 9.17) is 0 Å². The normalized spacial score (nSPS) is 20.7. The Morgan fingerprint density at radius 1 is 1.07 bits per heavy atom. The fourth-order valence-electron chi connectivity index (χ4n) is 4.34. The first-order valence-electron chi connectivity index (χ1n) is 10.7. The molecule has 1 unspecified atom stereocenters. The van der Waals surface area contributed by atoms with Crippen LogP contribution in [0.1, 0.15) is 41.6 Å². The second kappa shape index (κ2) is 8.91. The minimum absolute atomic E-state index is 0.0472. The van der Waals surface area contributed by atoms with Gasteiger partial charge in [-0.15, -0.1) is 0 Å². The average Bonchev–Trinajstić information content (AvgIpc) is 2.74. The van der Waals surface area contributed by atoms with Gasteiger partial charge in [0.2, 0.25) is 0 Å². The number of anilines is 1. The van der Waals surface area contributed by atoms with Crippen LogP contribution >= 0.6 is 0 Å². The molecule has 2 aliphatic heterocycles. The molecule has 6 heteroatoms. The zero-order chi connectivity index (χ0) is 20.2. The number of benzene rings is 1. The average molecular weight is 394 g/mol. The first kappa shape index (κ1) is 19.8. The standard InChI is InChI=1S/C23H31N5O/c1-18-7-6-10-28(16-18)23(29)21-15-22(25-19(2)24-21)27-13-11-26(12-14-27)17-20-8-4-3-5-9-20/h3-5,8-9,15,18H,6-7,10-14,16-17H2,1-2H3. The number of piperidine rings is 1. The van der Waals surface area contributed by atoms with Gasteiger partial charge in [-0.25, -0.2) is 9.97 Å². The highest BCUT2D eigenvalue weighted by Gasteiger charge is 2.25. The molecule has 4 rings (SSSR count). The monoisotopic (exact) mass is 393 g/mol. The number of hydrogen-bond donors (Lipinski definition) is 0. The van der Waals surface area contributed by atoms with E-state index in [1.165, 1.54) is 12.0 Å². The van der Waals surface area contributed by atoms with E-state index in [1.807, 2.05) is 17.9 Å². The molecule has 2 saturated heterocycles. The highest BCUT2D eigenvalue weighted by molar-refractivity contribution is 5.93. The number of carbonyl (C=O) groups is 1. The van der Waals surface area contributed by atoms with E-state index in [1.54, 1.807) is 0 Å². The van der Waals surface area contributed by atoms with Crippen LogP contribution in [0.2, 0.25) is 0 Å². The topological polar surface area (TPSA) is 52.6 Å². The van der Waals surface area contributed by atoms with Crippen molar-refractivity contribution in [3.05, 3.63) is 53.5 Å². The van der Waals surface area contributed by atoms with Crippen LogP contribution in [-0.2, 0) is 6.54 Å². The van der Waals surface area contributed by atoms with E-state index in [0.29, 0.717) is 17.4 Å². The molecule has 6 nitrogen and oxygen atoms in total. The third-order valence-corrected chi connectivity index (χ3v) is 5.93. The van der Waals surface area contributed by atoms with Crippen LogP contribution in [0.25, 0.3) is 0 Å². The fraction of sp³-hybridized carbons (Fsp3) is 0.522. The van der Waals surface area contributed by atoms with Crippen molar-refractivity contribution in [1.82, 2.24) is 19.8 Å². The predicted octanol–water partition coefficient (Wildman–Crippen LogP) is 2.98. The number of rotatable bonds is 4. The van der Waals surface area contributed by atoms with Crippen molar-refractivity contribution in [3.8, 4) is 0 Å². The van der Waals surface area contributed by atoms with E-state index >= 15 is 0 Å². The van der Waals surface area contributed by atoms with Gasteiger partial charge in [0.05, 0.1) is 0 Å². The number of nitrogens with zero attached hydrogens (tertiary/aromatic N) is 5. The Hall–Kier alpha value is -2.47. The van der Waals surface area contributed by atoms with Crippen LogP contribution in [0, 0.1) is 12.8 Å². The zero-order valence-corrected chi connectivity index (χ0v) is 17.5. The molecule has 2 aliphatic rings. The smallest absolute Gasteiger partial charge is 0.272 e. The van der Waals surface area contributed by atoms with Gasteiger partial charge in [-0.05, 0) is 31.2 Å². The second-order valence-electron chi connectivity index (χ2n) is 8.41. The predicted molar refractivity (Wildman–Crippen MR) is 115 cm³/mol. The van der Waals surface area contributed by atoms with Crippen molar-refractivity contribution in [1.29, 1.82) is 0 Å². The Labute approximate surface area is 173 Å². The van der Waals surface area contributed by atoms with Crippen molar-refractivity contribution >= 4 is 11.7 Å². The summed E-state index contributed by atoms with van der Waals surface area (Å²) in [6.07, 6.45) is 2.28. The molecule has 0 N–H and O–H groups in total. The second-order valence-corrected chi connectivity index (χ2v) is 8.41. The minimum atomic E-state index is 0.0472. The van der Waals surface area contributed by atoms with Gasteiger partial charge in [0.1, 0.15) is 17.3 Å². The summed E-state index contributed by atoms with van der Waals surface area (Å²) in [6.45, 7) is 10.5. The summed E-state index contributed by atoms with van der Waals surface area (Å²) in [6, 6.07) is 12.5. The van der Waals surface area contributed by atoms with E-state index < -0.39 is 0 Å². The molecule has 0 spiro atoms. The maximum absolute atomic E-state index is 13.0. The van der Waals surface area contributed by atoms with E-state index in [9.17, 15) is 4.79 Å². The van der Waals surface area contributed by atoms with Crippen molar-refractivity contribution in [2.45, 2.75) is 33.2 Å². The molecule has 2 fully saturated rings. The lowest BCUT2D eigenvalue weighted by Crippen LogP contribution is -2.46. The Balaban J connectivity index is 1.41. The Bertz CT molecular complexity index is 832. The van der Waals surface area contributed by atoms with Crippen molar-refractivity contribution in [2.75, 3.05) is 44.2 Å². The van der Waals surface area contributed by atoms with Gasteiger partial charge in [-0.3, -0.25) is 9.69 Å². The summed E-state index contributed by atoms with van der Waals surface area (Å²) in [5.74, 6) is 2.16. The SMILES string of the molecule is Cc1nc(C(=O)N2CCCC(C)C2)cc(N2CCN(Cc3ccccc3)CC2)n1. The molecule has 1 aromatic carbocycles. The van der Waals surface area contributed by atoms with Crippen molar-refractivity contribution < 1.29 is 4.79 Å². The first-order valence-corrected chi connectivity index (χ1v) is 10.7. The largest absolute Gasteiger partial charge is 0.354 e. The molecule has 1 aromatic heterocycles. The van der Waals surface area contributed by atoms with Crippen LogP contribution in [0.3, 0.4) is 0 Å². The third kappa shape index (κ3) is 4.93. The first-order chi connectivity index (χ1) is 14.1. The van der Waals surface area contributed by atoms with Gasteiger partial charge < -0.3 is 9.80 Å². The highest BCUT2D eigenvalue weighted by Crippen LogP contribution is 2.20. The Kier molecular flexibility index (Phi) is 6.09. The summed E-state index contributed by atoms with van der Waals surface area (Å²) in [7, 11) is 0. The fourth-order valence-corrected chi connectivity index (χ4v) is 4.34. The summed E-state index contributed by atoms with van der Waals surface area (Å²) < 4.78 is 0. The van der Waals surface area contributed by atoms with Gasteiger partial charge in [-0.2, -0.15) is 0 Å². The quantitative estimate of drug-likeness (QED) is 0.799. The number of hydrogen-bond acceptors (Lipinski definition) is 5. The Morgan fingerprint density at radius 2 is 1.83 bits per heavy atom. The number of piperazine rings is 1. The maximum Gasteiger partial charge on any atom is 0.272 e. The molecule has 3 heterocycles. The molecule has 0 radical (unpaired) electrons. The molecule has 29 heavy (non-hydrogen) atoms. The van der Waals surface area contributed by atoms with Gasteiger partial charge in [-0.1, -0.05) is 37.3 Å².